The molecule has 0 aliphatic heterocycles. The molecule has 0 unspecified atom stereocenters. The van der Waals surface area contributed by atoms with Gasteiger partial charge in [0.1, 0.15) is 0 Å². The lowest BCUT2D eigenvalue weighted by Crippen LogP contribution is -2.42. The molecule has 0 spiro atoms. The van der Waals surface area contributed by atoms with Gasteiger partial charge in [-0.25, -0.2) is 0 Å². The van der Waals surface area contributed by atoms with Gasteiger partial charge in [0.15, 0.2) is 0 Å². The minimum absolute atomic E-state index is 0.0606. The zero-order chi connectivity index (χ0) is 10.6. The molecular formula is C11H21NO2. The van der Waals surface area contributed by atoms with Gasteiger partial charge in [0, 0.05) is 6.04 Å². The predicted molar refractivity (Wildman–Crippen MR) is 55.8 cm³/mol. The Morgan fingerprint density at radius 1 is 1.64 bits per heavy atom. The van der Waals surface area contributed by atoms with Crippen LogP contribution in [-0.2, 0) is 9.53 Å². The first-order valence-corrected chi connectivity index (χ1v) is 5.48. The van der Waals surface area contributed by atoms with Gasteiger partial charge in [-0.05, 0) is 25.7 Å². The van der Waals surface area contributed by atoms with Gasteiger partial charge in [-0.1, -0.05) is 19.8 Å². The number of hydrogen-bond acceptors (Lipinski definition) is 3. The average Bonchev–Trinajstić information content (AvgIpc) is 2.17. The van der Waals surface area contributed by atoms with Gasteiger partial charge in [-0.15, -0.1) is 0 Å². The van der Waals surface area contributed by atoms with Crippen molar-refractivity contribution in [3.05, 3.63) is 0 Å². The van der Waals surface area contributed by atoms with E-state index >= 15 is 0 Å². The maximum absolute atomic E-state index is 11.7. The SMILES string of the molecule is CCC[C@@]1(C(=O)OC)CCC[C@@H](N)C1. The molecule has 0 aromatic heterocycles. The summed E-state index contributed by atoms with van der Waals surface area (Å²) >= 11 is 0. The lowest BCUT2D eigenvalue weighted by Gasteiger charge is -2.37. The summed E-state index contributed by atoms with van der Waals surface area (Å²) in [7, 11) is 1.47. The van der Waals surface area contributed by atoms with E-state index in [2.05, 4.69) is 6.92 Å². The summed E-state index contributed by atoms with van der Waals surface area (Å²) in [5.74, 6) is -0.0606. The van der Waals surface area contributed by atoms with Crippen molar-refractivity contribution in [2.75, 3.05) is 7.11 Å². The van der Waals surface area contributed by atoms with Gasteiger partial charge in [0.05, 0.1) is 12.5 Å². The van der Waals surface area contributed by atoms with E-state index in [4.69, 9.17) is 10.5 Å². The normalized spacial score (nSPS) is 32.6. The van der Waals surface area contributed by atoms with Crippen molar-refractivity contribution in [1.29, 1.82) is 0 Å². The van der Waals surface area contributed by atoms with Gasteiger partial charge < -0.3 is 10.5 Å². The maximum atomic E-state index is 11.7. The van der Waals surface area contributed by atoms with Crippen LogP contribution in [0.5, 0.6) is 0 Å². The van der Waals surface area contributed by atoms with Crippen LogP contribution in [-0.4, -0.2) is 19.1 Å². The molecule has 3 heteroatoms. The van der Waals surface area contributed by atoms with Crippen molar-refractivity contribution in [3.63, 3.8) is 0 Å². The minimum Gasteiger partial charge on any atom is -0.469 e. The van der Waals surface area contributed by atoms with Gasteiger partial charge in [0.2, 0.25) is 0 Å². The molecule has 1 saturated carbocycles. The highest BCUT2D eigenvalue weighted by molar-refractivity contribution is 5.76. The number of methoxy groups -OCH3 is 1. The quantitative estimate of drug-likeness (QED) is 0.706. The largest absolute Gasteiger partial charge is 0.469 e. The van der Waals surface area contributed by atoms with E-state index in [1.807, 2.05) is 0 Å². The van der Waals surface area contributed by atoms with E-state index in [1.165, 1.54) is 7.11 Å². The highest BCUT2D eigenvalue weighted by atomic mass is 16.5. The smallest absolute Gasteiger partial charge is 0.311 e. The van der Waals surface area contributed by atoms with E-state index in [0.29, 0.717) is 0 Å². The maximum Gasteiger partial charge on any atom is 0.311 e. The first-order chi connectivity index (χ1) is 6.64. The Balaban J connectivity index is 2.74. The van der Waals surface area contributed by atoms with Crippen molar-refractivity contribution in [2.24, 2.45) is 11.1 Å². The Hall–Kier alpha value is -0.570. The fourth-order valence-electron chi connectivity index (χ4n) is 2.62. The molecule has 0 amide bonds. The molecular weight excluding hydrogens is 178 g/mol. The lowest BCUT2D eigenvalue weighted by molar-refractivity contribution is -0.155. The summed E-state index contributed by atoms with van der Waals surface area (Å²) in [5.41, 5.74) is 5.65. The van der Waals surface area contributed by atoms with Crippen LogP contribution in [0.2, 0.25) is 0 Å². The van der Waals surface area contributed by atoms with E-state index in [1.54, 1.807) is 0 Å². The topological polar surface area (TPSA) is 52.3 Å². The molecule has 14 heavy (non-hydrogen) atoms. The number of hydrogen-bond donors (Lipinski definition) is 1. The van der Waals surface area contributed by atoms with Gasteiger partial charge in [-0.3, -0.25) is 4.79 Å². The van der Waals surface area contributed by atoms with Crippen LogP contribution < -0.4 is 5.73 Å². The summed E-state index contributed by atoms with van der Waals surface area (Å²) in [6, 6.07) is 0.175. The van der Waals surface area contributed by atoms with Crippen LogP contribution in [0.25, 0.3) is 0 Å². The highest BCUT2D eigenvalue weighted by Gasteiger charge is 2.41. The third kappa shape index (κ3) is 2.27. The first-order valence-electron chi connectivity index (χ1n) is 5.48. The van der Waals surface area contributed by atoms with Crippen LogP contribution in [0.15, 0.2) is 0 Å². The molecule has 3 nitrogen and oxygen atoms in total. The fourth-order valence-corrected chi connectivity index (χ4v) is 2.62. The van der Waals surface area contributed by atoms with Crippen LogP contribution in [0.1, 0.15) is 45.4 Å². The second-order valence-electron chi connectivity index (χ2n) is 4.38. The Morgan fingerprint density at radius 2 is 2.36 bits per heavy atom. The third-order valence-corrected chi connectivity index (χ3v) is 3.23. The summed E-state index contributed by atoms with van der Waals surface area (Å²) in [6.07, 6.45) is 5.77. The van der Waals surface area contributed by atoms with Gasteiger partial charge in [-0.2, -0.15) is 0 Å². The highest BCUT2D eigenvalue weighted by Crippen LogP contribution is 2.40. The van der Waals surface area contributed by atoms with Crippen molar-refractivity contribution in [1.82, 2.24) is 0 Å². The predicted octanol–water partition coefficient (Wildman–Crippen LogP) is 1.85. The molecule has 0 radical (unpaired) electrons. The molecule has 0 bridgehead atoms. The van der Waals surface area contributed by atoms with E-state index in [-0.39, 0.29) is 17.4 Å². The first kappa shape index (κ1) is 11.5. The molecule has 1 fully saturated rings. The van der Waals surface area contributed by atoms with Crippen LogP contribution in [0.3, 0.4) is 0 Å². The van der Waals surface area contributed by atoms with Crippen LogP contribution in [0.4, 0.5) is 0 Å². The Labute approximate surface area is 86.0 Å². The van der Waals surface area contributed by atoms with E-state index < -0.39 is 0 Å². The van der Waals surface area contributed by atoms with Crippen molar-refractivity contribution < 1.29 is 9.53 Å². The minimum atomic E-state index is -0.277. The summed E-state index contributed by atoms with van der Waals surface area (Å²) in [5, 5.41) is 0. The summed E-state index contributed by atoms with van der Waals surface area (Å²) in [4.78, 5) is 11.7. The van der Waals surface area contributed by atoms with Crippen LogP contribution >= 0.6 is 0 Å². The molecule has 1 rings (SSSR count). The lowest BCUT2D eigenvalue weighted by atomic mass is 9.69. The summed E-state index contributed by atoms with van der Waals surface area (Å²) < 4.78 is 4.90. The molecule has 0 aromatic carbocycles. The van der Waals surface area contributed by atoms with Crippen LogP contribution in [0, 0.1) is 5.41 Å². The zero-order valence-electron chi connectivity index (χ0n) is 9.21. The average molecular weight is 199 g/mol. The molecule has 82 valence electrons. The molecule has 0 heterocycles. The molecule has 0 aromatic rings. The van der Waals surface area contributed by atoms with E-state index in [0.717, 1.165) is 38.5 Å². The van der Waals surface area contributed by atoms with Crippen molar-refractivity contribution in [2.45, 2.75) is 51.5 Å². The second-order valence-corrected chi connectivity index (χ2v) is 4.38. The number of carbonyl (C=O) groups is 1. The number of rotatable bonds is 3. The second kappa shape index (κ2) is 4.78. The molecule has 0 saturated heterocycles. The molecule has 1 aliphatic carbocycles. The van der Waals surface area contributed by atoms with Crippen molar-refractivity contribution >= 4 is 5.97 Å². The standard InChI is InChI=1S/C11H21NO2/c1-3-6-11(10(13)14-2)7-4-5-9(12)8-11/h9H,3-8,12H2,1-2H3/t9-,11-/m1/s1. The molecule has 1 aliphatic rings. The number of nitrogens with two attached hydrogens (primary N) is 1. The Bertz CT molecular complexity index is 201. The Kier molecular flexibility index (Phi) is 3.93. The van der Waals surface area contributed by atoms with Gasteiger partial charge >= 0.3 is 5.97 Å². The number of ether oxygens (including phenoxy) is 1. The molecule has 2 atom stereocenters. The van der Waals surface area contributed by atoms with E-state index in [9.17, 15) is 4.79 Å². The number of esters is 1. The Morgan fingerprint density at radius 3 is 2.86 bits per heavy atom. The molecule has 2 N–H and O–H groups in total. The monoisotopic (exact) mass is 199 g/mol. The summed E-state index contributed by atoms with van der Waals surface area (Å²) in [6.45, 7) is 2.10. The fraction of sp³-hybridized carbons (Fsp3) is 0.909. The van der Waals surface area contributed by atoms with Gasteiger partial charge in [0.25, 0.3) is 0 Å². The number of carbonyl (C=O) groups excluding carboxylic acids is 1. The van der Waals surface area contributed by atoms with Crippen molar-refractivity contribution in [3.8, 4) is 0 Å². The zero-order valence-corrected chi connectivity index (χ0v) is 9.21. The third-order valence-electron chi connectivity index (χ3n) is 3.23.